The average molecular weight is 564 g/mol. The second-order valence-corrected chi connectivity index (χ2v) is 9.81. The molecule has 0 spiro atoms. The third-order valence-electron chi connectivity index (χ3n) is 6.59. The van der Waals surface area contributed by atoms with Gasteiger partial charge in [0.25, 0.3) is 5.56 Å². The summed E-state index contributed by atoms with van der Waals surface area (Å²) >= 11 is 0. The Bertz CT molecular complexity index is 1460. The standard InChI is InChI=1S/C23H30N4O5.C8H11N/c1-5-7-18-20-21(26(4)25-18)22(28)27(15(3)24-20)12-13-32-17-10-8-16(9-11-17)14-19(23(29)30)31-6-2;1-7(9)8-5-3-2-4-6-8/h8-11,19H,5-7,12-14H2,1-4H3,(H,29,30);2-7H,9H2,1H3/t19-;/m0./s1. The SMILES string of the molecule is CC(N)c1ccccc1.CCCc1nn(C)c2c(=O)n(CCOc3ccc(C[C@H](OCC)C(=O)O)cc3)c(C)nc12. The van der Waals surface area contributed by atoms with Gasteiger partial charge < -0.3 is 20.3 Å². The molecule has 0 saturated carbocycles. The molecule has 2 atom stereocenters. The van der Waals surface area contributed by atoms with Crippen molar-refractivity contribution in [2.75, 3.05) is 13.2 Å². The molecule has 0 amide bonds. The summed E-state index contributed by atoms with van der Waals surface area (Å²) in [7, 11) is 1.77. The van der Waals surface area contributed by atoms with Gasteiger partial charge in [0.05, 0.1) is 12.2 Å². The number of rotatable bonds is 12. The van der Waals surface area contributed by atoms with Crippen LogP contribution in [0.5, 0.6) is 5.75 Å². The molecule has 0 aliphatic rings. The van der Waals surface area contributed by atoms with Gasteiger partial charge in [-0.15, -0.1) is 0 Å². The third kappa shape index (κ3) is 8.48. The topological polar surface area (TPSA) is 134 Å². The Balaban J connectivity index is 0.000000436. The van der Waals surface area contributed by atoms with Crippen LogP contribution in [0.4, 0.5) is 0 Å². The Labute approximate surface area is 240 Å². The molecule has 10 heteroatoms. The summed E-state index contributed by atoms with van der Waals surface area (Å²) in [6, 6.07) is 17.4. The van der Waals surface area contributed by atoms with E-state index in [4.69, 9.17) is 15.2 Å². The zero-order valence-electron chi connectivity index (χ0n) is 24.5. The first-order valence-corrected chi connectivity index (χ1v) is 14.0. The highest BCUT2D eigenvalue weighted by molar-refractivity contribution is 5.76. The number of aliphatic carboxylic acids is 1. The molecule has 1 unspecified atom stereocenters. The minimum atomic E-state index is -0.978. The van der Waals surface area contributed by atoms with Crippen molar-refractivity contribution in [2.24, 2.45) is 12.8 Å². The molecule has 0 saturated heterocycles. The molecule has 4 rings (SSSR count). The summed E-state index contributed by atoms with van der Waals surface area (Å²) in [4.78, 5) is 28.9. The molecule has 41 heavy (non-hydrogen) atoms. The number of carboxylic acids is 1. The van der Waals surface area contributed by atoms with Crippen molar-refractivity contribution >= 4 is 17.0 Å². The quantitative estimate of drug-likeness (QED) is 0.262. The maximum absolute atomic E-state index is 13.0. The van der Waals surface area contributed by atoms with Gasteiger partial charge in [0.1, 0.15) is 23.7 Å². The maximum atomic E-state index is 13.0. The van der Waals surface area contributed by atoms with Crippen LogP contribution in [-0.2, 0) is 36.0 Å². The number of nitrogens with two attached hydrogens (primary N) is 1. The lowest BCUT2D eigenvalue weighted by molar-refractivity contribution is -0.149. The Morgan fingerprint density at radius 3 is 2.34 bits per heavy atom. The number of aromatic nitrogens is 4. The van der Waals surface area contributed by atoms with E-state index in [1.54, 1.807) is 35.4 Å². The van der Waals surface area contributed by atoms with Crippen molar-refractivity contribution in [3.8, 4) is 5.75 Å². The minimum Gasteiger partial charge on any atom is -0.492 e. The van der Waals surface area contributed by atoms with E-state index in [1.807, 2.05) is 56.3 Å². The van der Waals surface area contributed by atoms with E-state index >= 15 is 0 Å². The highest BCUT2D eigenvalue weighted by Gasteiger charge is 2.18. The number of carboxylic acid groups (broad SMARTS) is 1. The average Bonchev–Trinajstić information content (AvgIpc) is 3.26. The van der Waals surface area contributed by atoms with Gasteiger partial charge in [-0.1, -0.05) is 55.8 Å². The summed E-state index contributed by atoms with van der Waals surface area (Å²) in [5.41, 5.74) is 9.56. The molecule has 0 aliphatic carbocycles. The van der Waals surface area contributed by atoms with E-state index in [-0.39, 0.29) is 18.0 Å². The molecule has 4 aromatic rings. The fraction of sp³-hybridized carbons (Fsp3) is 0.419. The Morgan fingerprint density at radius 2 is 1.78 bits per heavy atom. The zero-order valence-corrected chi connectivity index (χ0v) is 24.5. The van der Waals surface area contributed by atoms with Crippen molar-refractivity contribution in [1.29, 1.82) is 0 Å². The first kappa shape index (κ1) is 31.5. The van der Waals surface area contributed by atoms with Crippen molar-refractivity contribution < 1.29 is 19.4 Å². The third-order valence-corrected chi connectivity index (χ3v) is 6.59. The van der Waals surface area contributed by atoms with Crippen molar-refractivity contribution in [2.45, 2.75) is 65.6 Å². The van der Waals surface area contributed by atoms with Gasteiger partial charge >= 0.3 is 5.97 Å². The van der Waals surface area contributed by atoms with Crippen LogP contribution >= 0.6 is 0 Å². The summed E-state index contributed by atoms with van der Waals surface area (Å²) < 4.78 is 14.3. The van der Waals surface area contributed by atoms with Crippen molar-refractivity contribution in [1.82, 2.24) is 19.3 Å². The van der Waals surface area contributed by atoms with Crippen LogP contribution in [-0.4, -0.2) is 49.7 Å². The van der Waals surface area contributed by atoms with E-state index < -0.39 is 12.1 Å². The molecule has 2 aromatic heterocycles. The molecule has 0 fully saturated rings. The van der Waals surface area contributed by atoms with Crippen molar-refractivity contribution in [3.63, 3.8) is 0 Å². The molecule has 0 aliphatic heterocycles. The van der Waals surface area contributed by atoms with Gasteiger partial charge in [-0.3, -0.25) is 14.0 Å². The summed E-state index contributed by atoms with van der Waals surface area (Å²) in [6.07, 6.45) is 1.14. The smallest absolute Gasteiger partial charge is 0.333 e. The monoisotopic (exact) mass is 563 g/mol. The van der Waals surface area contributed by atoms with E-state index in [1.165, 1.54) is 5.56 Å². The number of aryl methyl sites for hydroxylation is 3. The van der Waals surface area contributed by atoms with Gasteiger partial charge in [-0.2, -0.15) is 5.10 Å². The molecular weight excluding hydrogens is 522 g/mol. The van der Waals surface area contributed by atoms with Crippen LogP contribution in [0.3, 0.4) is 0 Å². The second kappa shape index (κ2) is 15.1. The summed E-state index contributed by atoms with van der Waals surface area (Å²) in [5, 5.41) is 13.7. The van der Waals surface area contributed by atoms with Crippen LogP contribution in [0.1, 0.15) is 55.9 Å². The molecule has 0 bridgehead atoms. The molecule has 220 valence electrons. The summed E-state index contributed by atoms with van der Waals surface area (Å²) in [6.45, 7) is 8.63. The number of carbonyl (C=O) groups is 1. The van der Waals surface area contributed by atoms with E-state index in [9.17, 15) is 14.7 Å². The highest BCUT2D eigenvalue weighted by atomic mass is 16.5. The van der Waals surface area contributed by atoms with Crippen LogP contribution < -0.4 is 16.0 Å². The normalized spacial score (nSPS) is 12.4. The van der Waals surface area contributed by atoms with Gasteiger partial charge in [-0.05, 0) is 50.5 Å². The number of nitrogens with zero attached hydrogens (tertiary/aromatic N) is 4. The van der Waals surface area contributed by atoms with Crippen LogP contribution in [0.25, 0.3) is 11.0 Å². The largest absolute Gasteiger partial charge is 0.492 e. The van der Waals surface area contributed by atoms with Gasteiger partial charge in [-0.25, -0.2) is 9.78 Å². The molecule has 10 nitrogen and oxygen atoms in total. The Hall–Kier alpha value is -4.02. The van der Waals surface area contributed by atoms with Crippen molar-refractivity contribution in [3.05, 3.63) is 87.6 Å². The Morgan fingerprint density at radius 1 is 1.10 bits per heavy atom. The first-order chi connectivity index (χ1) is 19.7. The van der Waals surface area contributed by atoms with Crippen LogP contribution in [0, 0.1) is 6.92 Å². The van der Waals surface area contributed by atoms with Gasteiger partial charge in [0.15, 0.2) is 11.6 Å². The number of hydrogen-bond acceptors (Lipinski definition) is 7. The highest BCUT2D eigenvalue weighted by Crippen LogP contribution is 2.16. The lowest BCUT2D eigenvalue weighted by Crippen LogP contribution is -2.27. The Kier molecular flexibility index (Phi) is 11.6. The van der Waals surface area contributed by atoms with E-state index in [0.29, 0.717) is 42.4 Å². The zero-order chi connectivity index (χ0) is 29.9. The van der Waals surface area contributed by atoms with E-state index in [0.717, 1.165) is 24.1 Å². The van der Waals surface area contributed by atoms with Gasteiger partial charge in [0.2, 0.25) is 0 Å². The van der Waals surface area contributed by atoms with E-state index in [2.05, 4.69) is 17.0 Å². The van der Waals surface area contributed by atoms with Crippen LogP contribution in [0.2, 0.25) is 0 Å². The number of fused-ring (bicyclic) bond motifs is 1. The molecule has 2 aromatic carbocycles. The fourth-order valence-electron chi connectivity index (χ4n) is 4.46. The molecular formula is C31H41N5O5. The fourth-order valence-corrected chi connectivity index (χ4v) is 4.46. The number of hydrogen-bond donors (Lipinski definition) is 2. The van der Waals surface area contributed by atoms with Gasteiger partial charge in [0, 0.05) is 26.1 Å². The number of benzene rings is 2. The number of ether oxygens (including phenoxy) is 2. The molecule has 0 radical (unpaired) electrons. The predicted octanol–water partition coefficient (Wildman–Crippen LogP) is 4.21. The molecule has 2 heterocycles. The lowest BCUT2D eigenvalue weighted by Gasteiger charge is -2.13. The predicted molar refractivity (Wildman–Crippen MR) is 159 cm³/mol. The van der Waals surface area contributed by atoms with Crippen LogP contribution in [0.15, 0.2) is 59.4 Å². The maximum Gasteiger partial charge on any atom is 0.333 e. The summed E-state index contributed by atoms with van der Waals surface area (Å²) in [5.74, 6) is 0.291. The first-order valence-electron chi connectivity index (χ1n) is 14.0. The second-order valence-electron chi connectivity index (χ2n) is 9.81. The lowest BCUT2D eigenvalue weighted by atomic mass is 10.1. The molecule has 3 N–H and O–H groups in total. The minimum absolute atomic E-state index is 0.126.